The molecule has 0 amide bonds. The second kappa shape index (κ2) is 12.7. The van der Waals surface area contributed by atoms with Crippen LogP contribution in [-0.2, 0) is 4.79 Å². The zero-order chi connectivity index (χ0) is 32.3. The SMILES string of the molecule is COc1ccc(-c2nn(-c3ccccc3)cc2/C=c2\s/c(=C(\C#N)C(=O)C(C)(C)C)n(-c3ccccc3OC)c2=O)cc1OC. The summed E-state index contributed by atoms with van der Waals surface area (Å²) in [6.07, 6.45) is 3.57. The summed E-state index contributed by atoms with van der Waals surface area (Å²) in [5.74, 6) is 1.15. The number of nitrogens with zero attached hydrogens (tertiary/aromatic N) is 4. The van der Waals surface area contributed by atoms with Gasteiger partial charge in [-0.05, 0) is 48.5 Å². The van der Waals surface area contributed by atoms with E-state index in [4.69, 9.17) is 19.3 Å². The van der Waals surface area contributed by atoms with Gasteiger partial charge in [-0.3, -0.25) is 14.2 Å². The molecule has 0 N–H and O–H groups in total. The number of Topliss-reactive ketones (excluding diaryl/α,β-unsaturated/α-hetero) is 1. The van der Waals surface area contributed by atoms with E-state index in [1.54, 1.807) is 76.1 Å². The molecule has 0 atom stereocenters. The van der Waals surface area contributed by atoms with Gasteiger partial charge in [-0.25, -0.2) is 4.68 Å². The van der Waals surface area contributed by atoms with Crippen LogP contribution in [0.4, 0.5) is 0 Å². The van der Waals surface area contributed by atoms with Gasteiger partial charge in [0.2, 0.25) is 0 Å². The van der Waals surface area contributed by atoms with Gasteiger partial charge < -0.3 is 14.2 Å². The first kappa shape index (κ1) is 31.0. The zero-order valence-electron chi connectivity index (χ0n) is 25.8. The highest BCUT2D eigenvalue weighted by atomic mass is 32.1. The number of para-hydroxylation sites is 3. The summed E-state index contributed by atoms with van der Waals surface area (Å²) in [6, 6.07) is 24.2. The maximum absolute atomic E-state index is 14.3. The highest BCUT2D eigenvalue weighted by Gasteiger charge is 2.28. The van der Waals surface area contributed by atoms with E-state index in [1.807, 2.05) is 48.7 Å². The Morgan fingerprint density at radius 1 is 0.911 bits per heavy atom. The van der Waals surface area contributed by atoms with E-state index in [9.17, 15) is 14.9 Å². The average molecular weight is 621 g/mol. The normalized spacial score (nSPS) is 12.4. The molecule has 9 nitrogen and oxygen atoms in total. The summed E-state index contributed by atoms with van der Waals surface area (Å²) in [6.45, 7) is 5.23. The summed E-state index contributed by atoms with van der Waals surface area (Å²) in [5.41, 5.74) is 1.87. The largest absolute Gasteiger partial charge is 0.495 e. The van der Waals surface area contributed by atoms with Crippen molar-refractivity contribution in [1.82, 2.24) is 14.3 Å². The van der Waals surface area contributed by atoms with Crippen molar-refractivity contribution in [3.8, 4) is 45.9 Å². The van der Waals surface area contributed by atoms with E-state index in [1.165, 1.54) is 11.7 Å². The standard InChI is InChI=1S/C35H32N4O5S/c1-35(2,3)32(40)25(20-36)34-39(26-14-10-11-15-27(26)42-4)33(41)30(45-34)19-23-21-38(24-12-8-7-9-13-24)37-31(23)22-16-17-28(43-5)29(18-22)44-6/h7-19,21H,1-6H3/b30-19-,34-25+. The maximum Gasteiger partial charge on any atom is 0.273 e. The highest BCUT2D eigenvalue weighted by molar-refractivity contribution is 7.07. The number of carbonyl (C=O) groups excluding carboxylic acids is 1. The Kier molecular flexibility index (Phi) is 8.75. The Labute approximate surface area is 264 Å². The summed E-state index contributed by atoms with van der Waals surface area (Å²) >= 11 is 1.07. The van der Waals surface area contributed by atoms with Crippen LogP contribution in [0.3, 0.4) is 0 Å². The molecule has 45 heavy (non-hydrogen) atoms. The van der Waals surface area contributed by atoms with Gasteiger partial charge in [-0.1, -0.05) is 51.1 Å². The molecule has 5 aromatic rings. The summed E-state index contributed by atoms with van der Waals surface area (Å²) in [5, 5.41) is 15.1. The monoisotopic (exact) mass is 620 g/mol. The fourth-order valence-corrected chi connectivity index (χ4v) is 5.89. The molecule has 5 rings (SSSR count). The van der Waals surface area contributed by atoms with Crippen molar-refractivity contribution in [2.75, 3.05) is 21.3 Å². The van der Waals surface area contributed by atoms with E-state index in [2.05, 4.69) is 6.07 Å². The number of benzene rings is 3. The first-order chi connectivity index (χ1) is 21.6. The molecule has 0 spiro atoms. The number of ether oxygens (including phenoxy) is 3. The van der Waals surface area contributed by atoms with Gasteiger partial charge in [0.05, 0.1) is 37.2 Å². The topological polar surface area (TPSA) is 108 Å². The quantitative estimate of drug-likeness (QED) is 0.243. The van der Waals surface area contributed by atoms with Gasteiger partial charge in [-0.2, -0.15) is 10.4 Å². The Morgan fingerprint density at radius 3 is 2.22 bits per heavy atom. The van der Waals surface area contributed by atoms with Gasteiger partial charge in [-0.15, -0.1) is 11.3 Å². The third-order valence-electron chi connectivity index (χ3n) is 7.09. The lowest BCUT2D eigenvalue weighted by atomic mass is 9.87. The number of ketones is 1. The molecular weight excluding hydrogens is 588 g/mol. The van der Waals surface area contributed by atoms with Crippen LogP contribution in [0.25, 0.3) is 34.3 Å². The van der Waals surface area contributed by atoms with Crippen molar-refractivity contribution < 1.29 is 19.0 Å². The Bertz CT molecular complexity index is 2110. The van der Waals surface area contributed by atoms with Crippen LogP contribution < -0.4 is 29.0 Å². The Hall–Kier alpha value is -5.40. The minimum absolute atomic E-state index is 0.102. The van der Waals surface area contributed by atoms with Gasteiger partial charge in [0.15, 0.2) is 17.3 Å². The minimum Gasteiger partial charge on any atom is -0.495 e. The molecule has 0 bridgehead atoms. The highest BCUT2D eigenvalue weighted by Crippen LogP contribution is 2.33. The number of hydrogen-bond acceptors (Lipinski definition) is 8. The number of carbonyl (C=O) groups is 1. The van der Waals surface area contributed by atoms with Crippen molar-refractivity contribution in [1.29, 1.82) is 5.26 Å². The number of thiazole rings is 1. The fourth-order valence-electron chi connectivity index (χ4n) is 4.81. The van der Waals surface area contributed by atoms with E-state index in [-0.39, 0.29) is 16.0 Å². The second-order valence-corrected chi connectivity index (χ2v) is 12.1. The van der Waals surface area contributed by atoms with Gasteiger partial charge in [0.25, 0.3) is 5.56 Å². The molecular formula is C35H32N4O5S. The molecule has 0 unspecified atom stereocenters. The molecule has 3 aromatic carbocycles. The van der Waals surface area contributed by atoms with E-state index in [0.717, 1.165) is 22.6 Å². The van der Waals surface area contributed by atoms with Crippen LogP contribution in [-0.4, -0.2) is 41.5 Å². The maximum atomic E-state index is 14.3. The van der Waals surface area contributed by atoms with Crippen molar-refractivity contribution >= 4 is 28.8 Å². The molecule has 0 saturated carbocycles. The lowest BCUT2D eigenvalue weighted by molar-refractivity contribution is -0.120. The second-order valence-electron chi connectivity index (χ2n) is 11.1. The lowest BCUT2D eigenvalue weighted by Gasteiger charge is -2.15. The van der Waals surface area contributed by atoms with Crippen molar-refractivity contribution in [2.45, 2.75) is 20.8 Å². The van der Waals surface area contributed by atoms with E-state index >= 15 is 0 Å². The molecule has 0 radical (unpaired) electrons. The zero-order valence-corrected chi connectivity index (χ0v) is 26.6. The summed E-state index contributed by atoms with van der Waals surface area (Å²) in [7, 11) is 4.64. The molecule has 2 heterocycles. The number of nitriles is 1. The molecule has 0 saturated heterocycles. The van der Waals surface area contributed by atoms with Crippen LogP contribution in [0, 0.1) is 16.7 Å². The smallest absolute Gasteiger partial charge is 0.273 e. The Morgan fingerprint density at radius 2 is 1.58 bits per heavy atom. The molecule has 0 fully saturated rings. The van der Waals surface area contributed by atoms with E-state index in [0.29, 0.717) is 38.7 Å². The Balaban J connectivity index is 1.86. The van der Waals surface area contributed by atoms with Crippen LogP contribution in [0.1, 0.15) is 26.3 Å². The van der Waals surface area contributed by atoms with E-state index < -0.39 is 11.0 Å². The van der Waals surface area contributed by atoms with Gasteiger partial charge in [0.1, 0.15) is 27.7 Å². The number of aromatic nitrogens is 3. The molecule has 0 aliphatic heterocycles. The van der Waals surface area contributed by atoms with Gasteiger partial charge in [0, 0.05) is 22.7 Å². The predicted octanol–water partition coefficient (Wildman–Crippen LogP) is 4.90. The first-order valence-corrected chi connectivity index (χ1v) is 14.9. The lowest BCUT2D eigenvalue weighted by Crippen LogP contribution is -2.33. The molecule has 2 aromatic heterocycles. The predicted molar refractivity (Wildman–Crippen MR) is 175 cm³/mol. The molecule has 10 heteroatoms. The third-order valence-corrected chi connectivity index (χ3v) is 8.18. The molecule has 228 valence electrons. The van der Waals surface area contributed by atoms with Crippen molar-refractivity contribution in [3.05, 3.63) is 104 Å². The van der Waals surface area contributed by atoms with Crippen LogP contribution in [0.2, 0.25) is 0 Å². The number of hydrogen-bond donors (Lipinski definition) is 0. The molecule has 0 aliphatic rings. The number of rotatable bonds is 8. The van der Waals surface area contributed by atoms with Crippen molar-refractivity contribution in [2.24, 2.45) is 5.41 Å². The molecule has 0 aliphatic carbocycles. The average Bonchev–Trinajstić information content (AvgIpc) is 3.61. The van der Waals surface area contributed by atoms with Crippen LogP contribution in [0.15, 0.2) is 83.8 Å². The number of methoxy groups -OCH3 is 3. The van der Waals surface area contributed by atoms with Crippen LogP contribution >= 0.6 is 11.3 Å². The van der Waals surface area contributed by atoms with Gasteiger partial charge >= 0.3 is 0 Å². The van der Waals surface area contributed by atoms with Crippen LogP contribution in [0.5, 0.6) is 17.2 Å². The van der Waals surface area contributed by atoms with Crippen molar-refractivity contribution in [3.63, 3.8) is 0 Å². The summed E-state index contributed by atoms with van der Waals surface area (Å²) < 4.78 is 20.2. The summed E-state index contributed by atoms with van der Waals surface area (Å²) in [4.78, 5) is 27.7. The minimum atomic E-state index is -0.849. The first-order valence-electron chi connectivity index (χ1n) is 14.0. The third kappa shape index (κ3) is 6.03. The fraction of sp³-hybridized carbons (Fsp3) is 0.200.